The van der Waals surface area contributed by atoms with E-state index in [2.05, 4.69) is 22.2 Å². The Morgan fingerprint density at radius 1 is 1.15 bits per heavy atom. The molecule has 9 nitrogen and oxygen atoms in total. The molecule has 0 aliphatic heterocycles. The van der Waals surface area contributed by atoms with Crippen LogP contribution in [-0.2, 0) is 17.8 Å². The van der Waals surface area contributed by atoms with E-state index in [-0.39, 0.29) is 29.6 Å². The van der Waals surface area contributed by atoms with E-state index in [1.54, 1.807) is 0 Å². The molecule has 0 saturated carbocycles. The Hall–Kier alpha value is -2.29. The molecule has 150 valence electrons. The van der Waals surface area contributed by atoms with E-state index in [0.717, 1.165) is 30.3 Å². The van der Waals surface area contributed by atoms with E-state index < -0.39 is 17.3 Å². The summed E-state index contributed by atoms with van der Waals surface area (Å²) in [6.07, 6.45) is 3.43. The molecule has 0 fully saturated rings. The summed E-state index contributed by atoms with van der Waals surface area (Å²) in [5.41, 5.74) is -0.422. The minimum Gasteiger partial charge on any atom is -0.449 e. The fourth-order valence-electron chi connectivity index (χ4n) is 2.72. The number of ether oxygens (including phenoxy) is 1. The molecule has 2 aromatic rings. The van der Waals surface area contributed by atoms with Gasteiger partial charge in [-0.3, -0.25) is 13.9 Å². The van der Waals surface area contributed by atoms with Crippen LogP contribution in [0.1, 0.15) is 46.0 Å². The minimum atomic E-state index is -0.503. The zero-order chi connectivity index (χ0) is 19.8. The number of imidazole rings is 1. The molecule has 0 unspecified atom stereocenters. The number of aromatic nitrogens is 4. The molecule has 0 aliphatic carbocycles. The van der Waals surface area contributed by atoms with Gasteiger partial charge in [-0.05, 0) is 30.9 Å². The van der Waals surface area contributed by atoms with Gasteiger partial charge in [0.25, 0.3) is 5.56 Å². The molecule has 0 aliphatic rings. The van der Waals surface area contributed by atoms with Crippen LogP contribution in [0.4, 0.5) is 4.79 Å². The van der Waals surface area contributed by atoms with Crippen molar-refractivity contribution in [3.8, 4) is 0 Å². The Morgan fingerprint density at radius 3 is 2.59 bits per heavy atom. The fraction of sp³-hybridized carbons (Fsp3) is 0.647. The summed E-state index contributed by atoms with van der Waals surface area (Å²) in [7, 11) is 0. The summed E-state index contributed by atoms with van der Waals surface area (Å²) in [6, 6.07) is 0. The monoisotopic (exact) mass is 399 g/mol. The quantitative estimate of drug-likeness (QED) is 0.470. The topological polar surface area (TPSA) is 111 Å². The first-order chi connectivity index (χ1) is 13.0. The van der Waals surface area contributed by atoms with Crippen LogP contribution >= 0.6 is 11.6 Å². The number of alkyl carbamates (subject to hydrolysis) is 1. The Kier molecular flexibility index (Phi) is 7.90. The molecule has 2 N–H and O–H groups in total. The first kappa shape index (κ1) is 21.0. The molecule has 27 heavy (non-hydrogen) atoms. The number of aryl methyl sites for hydroxylation is 1. The molecule has 0 atom stereocenters. The second-order valence-electron chi connectivity index (χ2n) is 6.24. The number of unbranched alkanes of at least 4 members (excludes halogenated alkanes) is 2. The van der Waals surface area contributed by atoms with Crippen molar-refractivity contribution in [2.45, 2.75) is 59.0 Å². The SMILES string of the molecule is CCCCCn1c(=O)n(CCCOC(=O)NCCC)c(=O)c2[nH]c(Cl)nc21. The van der Waals surface area contributed by atoms with Crippen molar-refractivity contribution in [2.24, 2.45) is 0 Å². The van der Waals surface area contributed by atoms with Crippen LogP contribution in [0, 0.1) is 0 Å². The lowest BCUT2D eigenvalue weighted by Gasteiger charge is -2.11. The highest BCUT2D eigenvalue weighted by Gasteiger charge is 2.16. The summed E-state index contributed by atoms with van der Waals surface area (Å²) in [5, 5.41) is 2.66. The van der Waals surface area contributed by atoms with Crippen LogP contribution in [0.25, 0.3) is 11.2 Å². The van der Waals surface area contributed by atoms with Gasteiger partial charge in [-0.15, -0.1) is 0 Å². The first-order valence-corrected chi connectivity index (χ1v) is 9.66. The lowest BCUT2D eigenvalue weighted by atomic mass is 10.2. The largest absolute Gasteiger partial charge is 0.449 e. The predicted molar refractivity (Wildman–Crippen MR) is 103 cm³/mol. The second kappa shape index (κ2) is 10.1. The molecule has 0 radical (unpaired) electrons. The van der Waals surface area contributed by atoms with Gasteiger partial charge in [-0.1, -0.05) is 26.7 Å². The maximum absolute atomic E-state index is 12.8. The normalized spacial score (nSPS) is 11.1. The maximum Gasteiger partial charge on any atom is 0.407 e. The number of carbonyl (C=O) groups excluding carboxylic acids is 1. The Morgan fingerprint density at radius 2 is 1.89 bits per heavy atom. The van der Waals surface area contributed by atoms with Crippen molar-refractivity contribution in [2.75, 3.05) is 13.2 Å². The van der Waals surface area contributed by atoms with E-state index in [4.69, 9.17) is 16.3 Å². The van der Waals surface area contributed by atoms with Gasteiger partial charge < -0.3 is 15.0 Å². The third-order valence-corrected chi connectivity index (χ3v) is 4.28. The van der Waals surface area contributed by atoms with Gasteiger partial charge in [-0.25, -0.2) is 9.59 Å². The van der Waals surface area contributed by atoms with Gasteiger partial charge in [-0.2, -0.15) is 4.98 Å². The Labute approximate surface area is 161 Å². The summed E-state index contributed by atoms with van der Waals surface area (Å²) < 4.78 is 7.64. The van der Waals surface area contributed by atoms with Crippen LogP contribution in [-0.4, -0.2) is 38.3 Å². The van der Waals surface area contributed by atoms with E-state index >= 15 is 0 Å². The molecule has 0 bridgehead atoms. The first-order valence-electron chi connectivity index (χ1n) is 9.29. The second-order valence-corrected chi connectivity index (χ2v) is 6.60. The highest BCUT2D eigenvalue weighted by molar-refractivity contribution is 6.28. The van der Waals surface area contributed by atoms with E-state index in [1.165, 1.54) is 4.57 Å². The lowest BCUT2D eigenvalue weighted by molar-refractivity contribution is 0.143. The number of amides is 1. The van der Waals surface area contributed by atoms with Crippen molar-refractivity contribution in [3.05, 3.63) is 26.1 Å². The van der Waals surface area contributed by atoms with Crippen LogP contribution < -0.4 is 16.6 Å². The number of fused-ring (bicyclic) bond motifs is 1. The number of carbonyl (C=O) groups is 1. The van der Waals surface area contributed by atoms with Crippen molar-refractivity contribution >= 4 is 28.9 Å². The highest BCUT2D eigenvalue weighted by atomic mass is 35.5. The number of hydrogen-bond donors (Lipinski definition) is 2. The van der Waals surface area contributed by atoms with Crippen LogP contribution in [0.5, 0.6) is 0 Å². The average Bonchev–Trinajstić information content (AvgIpc) is 3.03. The Bertz CT molecular complexity index is 886. The van der Waals surface area contributed by atoms with Gasteiger partial charge >= 0.3 is 11.8 Å². The van der Waals surface area contributed by atoms with Gasteiger partial charge in [0.15, 0.2) is 11.2 Å². The van der Waals surface area contributed by atoms with Crippen molar-refractivity contribution in [1.82, 2.24) is 24.4 Å². The molecule has 1 amide bonds. The smallest absolute Gasteiger partial charge is 0.407 e. The van der Waals surface area contributed by atoms with Gasteiger partial charge in [0.05, 0.1) is 6.61 Å². The maximum atomic E-state index is 12.8. The number of nitrogens with one attached hydrogen (secondary N) is 2. The van der Waals surface area contributed by atoms with Crippen molar-refractivity contribution in [3.63, 3.8) is 0 Å². The third-order valence-electron chi connectivity index (χ3n) is 4.10. The van der Waals surface area contributed by atoms with Crippen molar-refractivity contribution in [1.29, 1.82) is 0 Å². The zero-order valence-corrected chi connectivity index (χ0v) is 16.5. The van der Waals surface area contributed by atoms with Crippen LogP contribution in [0.3, 0.4) is 0 Å². The number of halogens is 1. The number of nitrogens with zero attached hydrogens (tertiary/aromatic N) is 3. The lowest BCUT2D eigenvalue weighted by Crippen LogP contribution is -2.40. The number of hydrogen-bond acceptors (Lipinski definition) is 5. The molecular formula is C17H26ClN5O4. The summed E-state index contributed by atoms with van der Waals surface area (Å²) in [5.74, 6) is 0. The molecule has 0 aromatic carbocycles. The van der Waals surface area contributed by atoms with Crippen molar-refractivity contribution < 1.29 is 9.53 Å². The highest BCUT2D eigenvalue weighted by Crippen LogP contribution is 2.10. The van der Waals surface area contributed by atoms with Gasteiger partial charge in [0.1, 0.15) is 0 Å². The van der Waals surface area contributed by atoms with Crippen LogP contribution in [0.2, 0.25) is 5.28 Å². The van der Waals surface area contributed by atoms with Gasteiger partial charge in [0.2, 0.25) is 5.28 Å². The van der Waals surface area contributed by atoms with Crippen LogP contribution in [0.15, 0.2) is 9.59 Å². The molecular weight excluding hydrogens is 374 g/mol. The van der Waals surface area contributed by atoms with Gasteiger partial charge in [0, 0.05) is 19.6 Å². The molecule has 10 heteroatoms. The summed E-state index contributed by atoms with van der Waals surface area (Å²) in [4.78, 5) is 43.6. The standard InChI is InChI=1S/C17H26ClN5O4/c1-3-5-6-9-22-13-12(20-15(18)21-13)14(24)23(17(22)26)10-7-11-27-16(25)19-8-4-2/h3-11H2,1-2H3,(H,19,25)(H,20,21). The molecule has 0 spiro atoms. The number of aromatic amines is 1. The molecule has 2 rings (SSSR count). The summed E-state index contributed by atoms with van der Waals surface area (Å²) in [6.45, 7) is 5.26. The molecule has 0 saturated heterocycles. The third kappa shape index (κ3) is 5.35. The van der Waals surface area contributed by atoms with E-state index in [9.17, 15) is 14.4 Å². The number of rotatable bonds is 10. The number of H-pyrrole nitrogens is 1. The average molecular weight is 400 g/mol. The molecule has 2 aromatic heterocycles. The predicted octanol–water partition coefficient (Wildman–Crippen LogP) is 2.26. The Balaban J connectivity index is 2.17. The summed E-state index contributed by atoms with van der Waals surface area (Å²) >= 11 is 5.90. The minimum absolute atomic E-state index is 0.0689. The van der Waals surface area contributed by atoms with E-state index in [0.29, 0.717) is 19.5 Å². The molecule has 2 heterocycles. The fourth-order valence-corrected chi connectivity index (χ4v) is 2.90. The zero-order valence-electron chi connectivity index (χ0n) is 15.7. The van der Waals surface area contributed by atoms with E-state index in [1.807, 2.05) is 6.92 Å².